The average Bonchev–Trinajstić information content (AvgIpc) is 2.54. The highest BCUT2D eigenvalue weighted by atomic mass is 35.5. The topological polar surface area (TPSA) is 41.1 Å². The lowest BCUT2D eigenvalue weighted by Gasteiger charge is -2.14. The first kappa shape index (κ1) is 16.5. The molecule has 0 heterocycles. The summed E-state index contributed by atoms with van der Waals surface area (Å²) < 4.78 is 0. The van der Waals surface area contributed by atoms with Gasteiger partial charge in [-0.1, -0.05) is 60.1 Å². The molecule has 1 amide bonds. The molecule has 2 aromatic rings. The molecule has 0 saturated heterocycles. The number of hydrogen-bond acceptors (Lipinski definition) is 2. The Morgan fingerprint density at radius 1 is 1.09 bits per heavy atom. The van der Waals surface area contributed by atoms with Gasteiger partial charge in [-0.05, 0) is 24.1 Å². The van der Waals surface area contributed by atoms with Crippen LogP contribution in [-0.4, -0.2) is 12.5 Å². The van der Waals surface area contributed by atoms with E-state index in [4.69, 9.17) is 11.6 Å². The predicted octanol–water partition coefficient (Wildman–Crippen LogP) is 3.70. The SMILES string of the molecule is CC(NC(=O)CCNCc1ccccc1Cl)c1ccccc1. The van der Waals surface area contributed by atoms with Crippen molar-refractivity contribution in [3.63, 3.8) is 0 Å². The van der Waals surface area contributed by atoms with E-state index in [1.807, 2.05) is 61.5 Å². The molecular weight excluding hydrogens is 296 g/mol. The van der Waals surface area contributed by atoms with Crippen LogP contribution in [0.2, 0.25) is 5.02 Å². The van der Waals surface area contributed by atoms with Gasteiger partial charge in [-0.25, -0.2) is 0 Å². The van der Waals surface area contributed by atoms with Gasteiger partial charge in [-0.2, -0.15) is 0 Å². The Hall–Kier alpha value is -1.84. The predicted molar refractivity (Wildman–Crippen MR) is 90.8 cm³/mol. The van der Waals surface area contributed by atoms with Crippen molar-refractivity contribution in [2.24, 2.45) is 0 Å². The number of carbonyl (C=O) groups is 1. The summed E-state index contributed by atoms with van der Waals surface area (Å²) in [6.07, 6.45) is 0.446. The molecule has 0 aliphatic rings. The maximum atomic E-state index is 11.9. The van der Waals surface area contributed by atoms with Crippen molar-refractivity contribution in [3.8, 4) is 0 Å². The van der Waals surface area contributed by atoms with E-state index in [-0.39, 0.29) is 11.9 Å². The quantitative estimate of drug-likeness (QED) is 0.765. The van der Waals surface area contributed by atoms with Crippen molar-refractivity contribution in [3.05, 3.63) is 70.7 Å². The largest absolute Gasteiger partial charge is 0.350 e. The molecular formula is C18H21ClN2O. The number of halogens is 1. The van der Waals surface area contributed by atoms with Crippen LogP contribution in [-0.2, 0) is 11.3 Å². The van der Waals surface area contributed by atoms with Crippen molar-refractivity contribution >= 4 is 17.5 Å². The van der Waals surface area contributed by atoms with Crippen LogP contribution in [0.3, 0.4) is 0 Å². The van der Waals surface area contributed by atoms with Gasteiger partial charge < -0.3 is 10.6 Å². The number of amides is 1. The fraction of sp³-hybridized carbons (Fsp3) is 0.278. The van der Waals surface area contributed by atoms with Crippen LogP contribution in [0.4, 0.5) is 0 Å². The molecule has 0 saturated carbocycles. The van der Waals surface area contributed by atoms with Gasteiger partial charge in [0.25, 0.3) is 0 Å². The molecule has 3 nitrogen and oxygen atoms in total. The molecule has 0 aliphatic carbocycles. The van der Waals surface area contributed by atoms with Crippen LogP contribution in [0, 0.1) is 0 Å². The van der Waals surface area contributed by atoms with Crippen molar-refractivity contribution in [2.45, 2.75) is 25.9 Å². The highest BCUT2D eigenvalue weighted by molar-refractivity contribution is 6.31. The molecule has 116 valence electrons. The lowest BCUT2D eigenvalue weighted by atomic mass is 10.1. The molecule has 1 atom stereocenters. The fourth-order valence-electron chi connectivity index (χ4n) is 2.21. The third-order valence-corrected chi connectivity index (χ3v) is 3.85. The molecule has 0 radical (unpaired) electrons. The summed E-state index contributed by atoms with van der Waals surface area (Å²) in [5.74, 6) is 0.0445. The minimum absolute atomic E-state index is 0.0252. The Bertz CT molecular complexity index is 601. The van der Waals surface area contributed by atoms with E-state index in [1.54, 1.807) is 0 Å². The third kappa shape index (κ3) is 5.17. The summed E-state index contributed by atoms with van der Waals surface area (Å²) in [6, 6.07) is 17.7. The summed E-state index contributed by atoms with van der Waals surface area (Å²) >= 11 is 6.08. The third-order valence-electron chi connectivity index (χ3n) is 3.48. The Balaban J connectivity index is 1.69. The molecule has 0 fully saturated rings. The zero-order chi connectivity index (χ0) is 15.8. The standard InChI is InChI=1S/C18H21ClN2O/c1-14(15-7-3-2-4-8-15)21-18(22)11-12-20-13-16-9-5-6-10-17(16)19/h2-10,14,20H,11-13H2,1H3,(H,21,22). The molecule has 0 spiro atoms. The summed E-state index contributed by atoms with van der Waals surface area (Å²) in [7, 11) is 0. The molecule has 2 rings (SSSR count). The highest BCUT2D eigenvalue weighted by Gasteiger charge is 2.08. The maximum absolute atomic E-state index is 11.9. The van der Waals surface area contributed by atoms with Crippen LogP contribution < -0.4 is 10.6 Å². The summed E-state index contributed by atoms with van der Waals surface area (Å²) in [4.78, 5) is 11.9. The fourth-order valence-corrected chi connectivity index (χ4v) is 2.41. The van der Waals surface area contributed by atoms with Gasteiger partial charge in [0, 0.05) is 24.5 Å². The number of nitrogens with one attached hydrogen (secondary N) is 2. The lowest BCUT2D eigenvalue weighted by Crippen LogP contribution is -2.29. The highest BCUT2D eigenvalue weighted by Crippen LogP contribution is 2.14. The smallest absolute Gasteiger partial charge is 0.221 e. The average molecular weight is 317 g/mol. The number of hydrogen-bond donors (Lipinski definition) is 2. The Kier molecular flexibility index (Phi) is 6.44. The van der Waals surface area contributed by atoms with Crippen LogP contribution in [0.15, 0.2) is 54.6 Å². The summed E-state index contributed by atoms with van der Waals surface area (Å²) in [6.45, 7) is 3.28. The minimum Gasteiger partial charge on any atom is -0.350 e. The molecule has 22 heavy (non-hydrogen) atoms. The van der Waals surface area contributed by atoms with Crippen molar-refractivity contribution in [2.75, 3.05) is 6.54 Å². The number of carbonyl (C=O) groups excluding carboxylic acids is 1. The van der Waals surface area contributed by atoms with E-state index in [9.17, 15) is 4.79 Å². The molecule has 4 heteroatoms. The first-order chi connectivity index (χ1) is 10.7. The van der Waals surface area contributed by atoms with Crippen LogP contribution >= 0.6 is 11.6 Å². The second kappa shape index (κ2) is 8.57. The van der Waals surface area contributed by atoms with E-state index < -0.39 is 0 Å². The summed E-state index contributed by atoms with van der Waals surface area (Å²) in [5.41, 5.74) is 2.15. The van der Waals surface area contributed by atoms with Gasteiger partial charge >= 0.3 is 0 Å². The van der Waals surface area contributed by atoms with Gasteiger partial charge in [0.1, 0.15) is 0 Å². The van der Waals surface area contributed by atoms with Crippen molar-refractivity contribution < 1.29 is 4.79 Å². The first-order valence-corrected chi connectivity index (χ1v) is 7.83. The maximum Gasteiger partial charge on any atom is 0.221 e. The van der Waals surface area contributed by atoms with Crippen LogP contribution in [0.1, 0.15) is 30.5 Å². The molecule has 0 aromatic heterocycles. The Morgan fingerprint density at radius 2 is 1.77 bits per heavy atom. The lowest BCUT2D eigenvalue weighted by molar-refractivity contribution is -0.121. The van der Waals surface area contributed by atoms with Gasteiger partial charge in [0.15, 0.2) is 0 Å². The van der Waals surface area contributed by atoms with Crippen molar-refractivity contribution in [1.29, 1.82) is 0 Å². The molecule has 2 N–H and O–H groups in total. The summed E-state index contributed by atoms with van der Waals surface area (Å²) in [5, 5.41) is 6.99. The van der Waals surface area contributed by atoms with E-state index in [2.05, 4.69) is 10.6 Å². The van der Waals surface area contributed by atoms with E-state index in [0.29, 0.717) is 19.5 Å². The van der Waals surface area contributed by atoms with Gasteiger partial charge in [0.2, 0.25) is 5.91 Å². The molecule has 1 unspecified atom stereocenters. The zero-order valence-corrected chi connectivity index (χ0v) is 13.4. The Labute approximate surface area is 136 Å². The van der Waals surface area contributed by atoms with Gasteiger partial charge in [0.05, 0.1) is 6.04 Å². The van der Waals surface area contributed by atoms with Gasteiger partial charge in [-0.3, -0.25) is 4.79 Å². The van der Waals surface area contributed by atoms with E-state index in [1.165, 1.54) is 0 Å². The first-order valence-electron chi connectivity index (χ1n) is 7.45. The minimum atomic E-state index is 0.0252. The van der Waals surface area contributed by atoms with E-state index >= 15 is 0 Å². The monoisotopic (exact) mass is 316 g/mol. The van der Waals surface area contributed by atoms with Crippen LogP contribution in [0.25, 0.3) is 0 Å². The molecule has 2 aromatic carbocycles. The normalized spacial score (nSPS) is 11.9. The Morgan fingerprint density at radius 3 is 2.50 bits per heavy atom. The molecule has 0 aliphatic heterocycles. The van der Waals surface area contributed by atoms with Crippen molar-refractivity contribution in [1.82, 2.24) is 10.6 Å². The van der Waals surface area contributed by atoms with Gasteiger partial charge in [-0.15, -0.1) is 0 Å². The number of benzene rings is 2. The molecule has 0 bridgehead atoms. The number of rotatable bonds is 7. The van der Waals surface area contributed by atoms with E-state index in [0.717, 1.165) is 16.1 Å². The second-order valence-corrected chi connectivity index (χ2v) is 5.63. The second-order valence-electron chi connectivity index (χ2n) is 5.22. The van der Waals surface area contributed by atoms with Crippen LogP contribution in [0.5, 0.6) is 0 Å². The zero-order valence-electron chi connectivity index (χ0n) is 12.7.